The third-order valence-electron chi connectivity index (χ3n) is 4.12. The van der Waals surface area contributed by atoms with Crippen LogP contribution in [0.2, 0.25) is 0 Å². The molecule has 0 spiro atoms. The van der Waals surface area contributed by atoms with E-state index in [9.17, 15) is 9.59 Å². The Labute approximate surface area is 121 Å². The first-order valence-corrected chi connectivity index (χ1v) is 7.85. The molecule has 2 N–H and O–H groups in total. The van der Waals surface area contributed by atoms with E-state index >= 15 is 0 Å². The summed E-state index contributed by atoms with van der Waals surface area (Å²) < 4.78 is 0. The van der Waals surface area contributed by atoms with Crippen molar-refractivity contribution in [3.05, 3.63) is 0 Å². The SMILES string of the molecule is CC(C)C(=O)NC1CCN(C(=O)CNCC2CC2)CC1. The molecule has 1 saturated carbocycles. The van der Waals surface area contributed by atoms with Crippen molar-refractivity contribution in [3.63, 3.8) is 0 Å². The van der Waals surface area contributed by atoms with E-state index < -0.39 is 0 Å². The molecular weight excluding hydrogens is 254 g/mol. The van der Waals surface area contributed by atoms with E-state index in [4.69, 9.17) is 0 Å². The van der Waals surface area contributed by atoms with E-state index in [1.807, 2.05) is 18.7 Å². The third kappa shape index (κ3) is 4.78. The number of rotatable bonds is 6. The fourth-order valence-corrected chi connectivity index (χ4v) is 2.46. The standard InChI is InChI=1S/C15H27N3O2/c1-11(2)15(20)17-13-5-7-18(8-6-13)14(19)10-16-9-12-3-4-12/h11-13,16H,3-10H2,1-2H3,(H,17,20). The van der Waals surface area contributed by atoms with Crippen molar-refractivity contribution in [3.8, 4) is 0 Å². The van der Waals surface area contributed by atoms with Gasteiger partial charge in [-0.2, -0.15) is 0 Å². The fraction of sp³-hybridized carbons (Fsp3) is 0.867. The van der Waals surface area contributed by atoms with Crippen molar-refractivity contribution in [2.24, 2.45) is 11.8 Å². The zero-order valence-electron chi connectivity index (χ0n) is 12.7. The van der Waals surface area contributed by atoms with Crippen molar-refractivity contribution >= 4 is 11.8 Å². The summed E-state index contributed by atoms with van der Waals surface area (Å²) in [5.74, 6) is 1.14. The Morgan fingerprint density at radius 1 is 1.15 bits per heavy atom. The Hall–Kier alpha value is -1.10. The molecular formula is C15H27N3O2. The number of amides is 2. The number of hydrogen-bond acceptors (Lipinski definition) is 3. The molecule has 0 unspecified atom stereocenters. The smallest absolute Gasteiger partial charge is 0.236 e. The summed E-state index contributed by atoms with van der Waals surface area (Å²) >= 11 is 0. The molecule has 20 heavy (non-hydrogen) atoms. The Kier molecular flexibility index (Phi) is 5.40. The van der Waals surface area contributed by atoms with Gasteiger partial charge in [0.15, 0.2) is 0 Å². The molecule has 2 amide bonds. The summed E-state index contributed by atoms with van der Waals surface area (Å²) in [7, 11) is 0. The number of piperidine rings is 1. The molecule has 1 aliphatic carbocycles. The van der Waals surface area contributed by atoms with E-state index in [0.717, 1.165) is 38.4 Å². The zero-order valence-corrected chi connectivity index (χ0v) is 12.7. The quantitative estimate of drug-likeness (QED) is 0.755. The second kappa shape index (κ2) is 7.07. The molecule has 1 aliphatic heterocycles. The van der Waals surface area contributed by atoms with Crippen LogP contribution in [0.5, 0.6) is 0 Å². The first kappa shape index (κ1) is 15.3. The maximum Gasteiger partial charge on any atom is 0.236 e. The van der Waals surface area contributed by atoms with Crippen LogP contribution in [-0.2, 0) is 9.59 Å². The van der Waals surface area contributed by atoms with Gasteiger partial charge in [-0.15, -0.1) is 0 Å². The van der Waals surface area contributed by atoms with Crippen LogP contribution in [0.4, 0.5) is 0 Å². The fourth-order valence-electron chi connectivity index (χ4n) is 2.46. The second-order valence-corrected chi connectivity index (χ2v) is 6.39. The first-order chi connectivity index (χ1) is 9.56. The van der Waals surface area contributed by atoms with E-state index in [2.05, 4.69) is 10.6 Å². The Balaban J connectivity index is 1.62. The minimum atomic E-state index is 0.0290. The summed E-state index contributed by atoms with van der Waals surface area (Å²) in [4.78, 5) is 25.6. The van der Waals surface area contributed by atoms with Crippen molar-refractivity contribution in [2.45, 2.75) is 45.6 Å². The number of carbonyl (C=O) groups excluding carboxylic acids is 2. The molecule has 1 heterocycles. The molecule has 2 rings (SSSR count). The van der Waals surface area contributed by atoms with Crippen LogP contribution < -0.4 is 10.6 Å². The van der Waals surface area contributed by atoms with Gasteiger partial charge in [-0.05, 0) is 38.1 Å². The van der Waals surface area contributed by atoms with Crippen LogP contribution in [-0.4, -0.2) is 48.9 Å². The predicted molar refractivity (Wildman–Crippen MR) is 78.2 cm³/mol. The highest BCUT2D eigenvalue weighted by Gasteiger charge is 2.25. The van der Waals surface area contributed by atoms with Crippen molar-refractivity contribution in [2.75, 3.05) is 26.2 Å². The van der Waals surface area contributed by atoms with Crippen LogP contribution >= 0.6 is 0 Å². The van der Waals surface area contributed by atoms with Crippen LogP contribution in [0, 0.1) is 11.8 Å². The number of nitrogens with zero attached hydrogens (tertiary/aromatic N) is 1. The van der Waals surface area contributed by atoms with Gasteiger partial charge < -0.3 is 15.5 Å². The van der Waals surface area contributed by atoms with E-state index in [0.29, 0.717) is 6.54 Å². The van der Waals surface area contributed by atoms with Gasteiger partial charge in [0.05, 0.1) is 6.54 Å². The van der Waals surface area contributed by atoms with E-state index in [1.54, 1.807) is 0 Å². The lowest BCUT2D eigenvalue weighted by Crippen LogP contribution is -2.49. The van der Waals surface area contributed by atoms with Gasteiger partial charge in [-0.25, -0.2) is 0 Å². The predicted octanol–water partition coefficient (Wildman–Crippen LogP) is 0.749. The summed E-state index contributed by atoms with van der Waals surface area (Å²) in [5.41, 5.74) is 0. The molecule has 0 atom stereocenters. The molecule has 2 aliphatic rings. The zero-order chi connectivity index (χ0) is 14.5. The van der Waals surface area contributed by atoms with Crippen molar-refractivity contribution < 1.29 is 9.59 Å². The minimum Gasteiger partial charge on any atom is -0.353 e. The maximum atomic E-state index is 12.0. The maximum absolute atomic E-state index is 12.0. The highest BCUT2D eigenvalue weighted by Crippen LogP contribution is 2.27. The van der Waals surface area contributed by atoms with Gasteiger partial charge in [0.25, 0.3) is 0 Å². The van der Waals surface area contributed by atoms with Gasteiger partial charge in [0.2, 0.25) is 11.8 Å². The molecule has 5 nitrogen and oxygen atoms in total. The topological polar surface area (TPSA) is 61.4 Å². The van der Waals surface area contributed by atoms with Crippen molar-refractivity contribution in [1.29, 1.82) is 0 Å². The summed E-state index contributed by atoms with van der Waals surface area (Å²) in [6.07, 6.45) is 4.35. The number of carbonyl (C=O) groups is 2. The lowest BCUT2D eigenvalue weighted by molar-refractivity contribution is -0.131. The van der Waals surface area contributed by atoms with Crippen LogP contribution in [0.1, 0.15) is 39.5 Å². The molecule has 0 aromatic carbocycles. The molecule has 0 bridgehead atoms. The van der Waals surface area contributed by atoms with E-state index in [-0.39, 0.29) is 23.8 Å². The Morgan fingerprint density at radius 2 is 1.80 bits per heavy atom. The Bertz CT molecular complexity index is 345. The summed E-state index contributed by atoms with van der Waals surface area (Å²) in [6, 6.07) is 0.230. The molecule has 2 fully saturated rings. The molecule has 0 aromatic heterocycles. The van der Waals surface area contributed by atoms with Gasteiger partial charge in [-0.1, -0.05) is 13.8 Å². The average molecular weight is 281 g/mol. The van der Waals surface area contributed by atoms with Gasteiger partial charge in [0, 0.05) is 25.0 Å². The monoisotopic (exact) mass is 281 g/mol. The van der Waals surface area contributed by atoms with Crippen molar-refractivity contribution in [1.82, 2.24) is 15.5 Å². The van der Waals surface area contributed by atoms with E-state index in [1.165, 1.54) is 12.8 Å². The van der Waals surface area contributed by atoms with Crippen LogP contribution in [0.15, 0.2) is 0 Å². The number of hydrogen-bond donors (Lipinski definition) is 2. The molecule has 114 valence electrons. The Morgan fingerprint density at radius 3 is 2.35 bits per heavy atom. The normalized spacial score (nSPS) is 20.2. The lowest BCUT2D eigenvalue weighted by Gasteiger charge is -2.32. The summed E-state index contributed by atoms with van der Waals surface area (Å²) in [6.45, 7) is 6.76. The van der Waals surface area contributed by atoms with Gasteiger partial charge in [-0.3, -0.25) is 9.59 Å². The first-order valence-electron chi connectivity index (χ1n) is 7.85. The third-order valence-corrected chi connectivity index (χ3v) is 4.12. The van der Waals surface area contributed by atoms with Crippen LogP contribution in [0.3, 0.4) is 0 Å². The summed E-state index contributed by atoms with van der Waals surface area (Å²) in [5, 5.41) is 6.29. The average Bonchev–Trinajstić information content (AvgIpc) is 3.23. The number of likely N-dealkylation sites (tertiary alicyclic amines) is 1. The highest BCUT2D eigenvalue weighted by atomic mass is 16.2. The molecule has 1 saturated heterocycles. The number of nitrogens with one attached hydrogen (secondary N) is 2. The molecule has 0 radical (unpaired) electrons. The van der Waals surface area contributed by atoms with Gasteiger partial charge >= 0.3 is 0 Å². The lowest BCUT2D eigenvalue weighted by atomic mass is 10.0. The highest BCUT2D eigenvalue weighted by molar-refractivity contribution is 5.79. The molecule has 5 heteroatoms. The second-order valence-electron chi connectivity index (χ2n) is 6.39. The largest absolute Gasteiger partial charge is 0.353 e. The van der Waals surface area contributed by atoms with Crippen LogP contribution in [0.25, 0.3) is 0 Å². The molecule has 0 aromatic rings. The van der Waals surface area contributed by atoms with Gasteiger partial charge in [0.1, 0.15) is 0 Å². The minimum absolute atomic E-state index is 0.0290.